The van der Waals surface area contributed by atoms with E-state index in [1.807, 2.05) is 0 Å². The molecule has 1 amide bonds. The molecule has 2 N–H and O–H groups in total. The Kier molecular flexibility index (Phi) is 4.84. The van der Waals surface area contributed by atoms with Crippen molar-refractivity contribution in [3.8, 4) is 0 Å². The van der Waals surface area contributed by atoms with Gasteiger partial charge in [-0.15, -0.1) is 0 Å². The van der Waals surface area contributed by atoms with Gasteiger partial charge in [0.1, 0.15) is 5.65 Å². The monoisotopic (exact) mass is 393 g/mol. The van der Waals surface area contributed by atoms with E-state index >= 15 is 0 Å². The number of hydrogen-bond donors (Lipinski definition) is 2. The van der Waals surface area contributed by atoms with Crippen molar-refractivity contribution < 1.29 is 4.79 Å². The number of nitrogens with one attached hydrogen (secondary N) is 2. The van der Waals surface area contributed by atoms with E-state index in [1.165, 1.54) is 4.57 Å². The van der Waals surface area contributed by atoms with Crippen LogP contribution in [0.15, 0.2) is 21.5 Å². The highest BCUT2D eigenvalue weighted by Crippen LogP contribution is 2.26. The molecule has 8 heteroatoms. The molecule has 3 rings (SSSR count). The van der Waals surface area contributed by atoms with Gasteiger partial charge in [-0.05, 0) is 47.7 Å². The summed E-state index contributed by atoms with van der Waals surface area (Å²) in [5.41, 5.74) is 0.470. The topological polar surface area (TPSA) is 88.9 Å². The first-order chi connectivity index (χ1) is 11.5. The summed E-state index contributed by atoms with van der Waals surface area (Å²) in [6.07, 6.45) is 5.23. The maximum absolute atomic E-state index is 12.0. The van der Waals surface area contributed by atoms with Gasteiger partial charge in [0.2, 0.25) is 11.9 Å². The van der Waals surface area contributed by atoms with E-state index in [1.54, 1.807) is 26.4 Å². The van der Waals surface area contributed by atoms with Crippen molar-refractivity contribution in [2.75, 3.05) is 12.4 Å². The third-order valence-corrected chi connectivity index (χ3v) is 5.15. The molecule has 0 bridgehead atoms. The molecular formula is C16H20BrN5O2. The maximum atomic E-state index is 12.0. The lowest BCUT2D eigenvalue weighted by Gasteiger charge is -2.28. The number of nitrogens with zero attached hydrogens (tertiary/aromatic N) is 3. The van der Waals surface area contributed by atoms with Crippen LogP contribution >= 0.6 is 15.9 Å². The molecule has 7 nitrogen and oxygen atoms in total. The van der Waals surface area contributed by atoms with Gasteiger partial charge in [-0.2, -0.15) is 4.98 Å². The Labute approximate surface area is 148 Å². The number of hydrogen-bond acceptors (Lipinski definition) is 5. The number of pyridine rings is 1. The molecule has 0 aromatic carbocycles. The number of halogens is 1. The van der Waals surface area contributed by atoms with E-state index in [2.05, 4.69) is 36.5 Å². The predicted molar refractivity (Wildman–Crippen MR) is 95.9 cm³/mol. The van der Waals surface area contributed by atoms with E-state index in [9.17, 15) is 9.59 Å². The molecule has 0 spiro atoms. The Hall–Kier alpha value is -1.96. The van der Waals surface area contributed by atoms with Gasteiger partial charge in [0.15, 0.2) is 0 Å². The van der Waals surface area contributed by atoms with Crippen molar-refractivity contribution in [3.63, 3.8) is 0 Å². The number of amides is 1. The van der Waals surface area contributed by atoms with Gasteiger partial charge in [0.25, 0.3) is 5.56 Å². The van der Waals surface area contributed by atoms with Crippen molar-refractivity contribution in [1.82, 2.24) is 19.9 Å². The second-order valence-electron chi connectivity index (χ2n) is 6.14. The third-order valence-electron chi connectivity index (χ3n) is 4.58. The number of rotatable bonds is 3. The van der Waals surface area contributed by atoms with E-state index in [-0.39, 0.29) is 23.4 Å². The Morgan fingerprint density at radius 2 is 2.04 bits per heavy atom. The van der Waals surface area contributed by atoms with Crippen LogP contribution in [0.2, 0.25) is 0 Å². The third kappa shape index (κ3) is 3.28. The quantitative estimate of drug-likeness (QED) is 0.829. The number of carbonyl (C=O) groups excluding carboxylic acids is 1. The molecule has 2 aromatic rings. The molecular weight excluding hydrogens is 374 g/mol. The summed E-state index contributed by atoms with van der Waals surface area (Å²) in [6, 6.07) is 1.98. The summed E-state index contributed by atoms with van der Waals surface area (Å²) in [6.45, 7) is 0. The van der Waals surface area contributed by atoms with Crippen LogP contribution in [-0.4, -0.2) is 33.5 Å². The van der Waals surface area contributed by atoms with Gasteiger partial charge in [-0.1, -0.05) is 0 Å². The normalized spacial score (nSPS) is 20.8. The number of carbonyl (C=O) groups is 1. The SMILES string of the molecule is CNC(=O)[C@H]1CC[C@@H](Nc2ncc3cc(Br)c(=O)n(C)c3n2)CC1. The van der Waals surface area contributed by atoms with Crippen LogP contribution in [0.5, 0.6) is 0 Å². The standard InChI is InChI=1S/C16H20BrN5O2/c1-18-14(23)9-3-5-11(6-4-9)20-16-19-8-10-7-12(17)15(24)22(2)13(10)21-16/h7-9,11H,3-6H2,1-2H3,(H,18,23)(H,19,20,21)/t9-,11+. The number of aromatic nitrogens is 3. The molecule has 0 aliphatic heterocycles. The first kappa shape index (κ1) is 16.9. The second-order valence-corrected chi connectivity index (χ2v) is 6.99. The Morgan fingerprint density at radius 3 is 2.71 bits per heavy atom. The average molecular weight is 394 g/mol. The highest BCUT2D eigenvalue weighted by atomic mass is 79.9. The van der Waals surface area contributed by atoms with Crippen LogP contribution in [0.4, 0.5) is 5.95 Å². The van der Waals surface area contributed by atoms with Crippen molar-refractivity contribution in [2.24, 2.45) is 13.0 Å². The van der Waals surface area contributed by atoms with Crippen LogP contribution in [-0.2, 0) is 11.8 Å². The molecule has 0 saturated heterocycles. The average Bonchev–Trinajstić information content (AvgIpc) is 2.60. The molecule has 2 heterocycles. The molecule has 0 radical (unpaired) electrons. The first-order valence-electron chi connectivity index (χ1n) is 8.00. The summed E-state index contributed by atoms with van der Waals surface area (Å²) >= 11 is 3.25. The second kappa shape index (κ2) is 6.88. The van der Waals surface area contributed by atoms with Crippen LogP contribution in [0.25, 0.3) is 11.0 Å². The van der Waals surface area contributed by atoms with E-state index < -0.39 is 0 Å². The number of fused-ring (bicyclic) bond motifs is 1. The molecule has 1 saturated carbocycles. The minimum Gasteiger partial charge on any atom is -0.359 e. The zero-order valence-corrected chi connectivity index (χ0v) is 15.3. The fraction of sp³-hybridized carbons (Fsp3) is 0.500. The molecule has 2 aromatic heterocycles. The smallest absolute Gasteiger partial charge is 0.266 e. The van der Waals surface area contributed by atoms with Crippen molar-refractivity contribution in [3.05, 3.63) is 27.1 Å². The number of anilines is 1. The van der Waals surface area contributed by atoms with Gasteiger partial charge in [0.05, 0.1) is 4.47 Å². The molecule has 1 aliphatic rings. The molecule has 0 unspecified atom stereocenters. The molecule has 128 valence electrons. The van der Waals surface area contributed by atoms with Crippen molar-refractivity contribution in [1.29, 1.82) is 0 Å². The van der Waals surface area contributed by atoms with Gasteiger partial charge >= 0.3 is 0 Å². The van der Waals surface area contributed by atoms with Crippen LogP contribution in [0.1, 0.15) is 25.7 Å². The maximum Gasteiger partial charge on any atom is 0.266 e. The molecule has 0 atom stereocenters. The minimum absolute atomic E-state index is 0.101. The van der Waals surface area contributed by atoms with Gasteiger partial charge in [0, 0.05) is 37.6 Å². The van der Waals surface area contributed by atoms with Crippen molar-refractivity contribution >= 4 is 38.8 Å². The zero-order valence-electron chi connectivity index (χ0n) is 13.7. The Morgan fingerprint density at radius 1 is 1.33 bits per heavy atom. The van der Waals surface area contributed by atoms with Crippen molar-refractivity contribution in [2.45, 2.75) is 31.7 Å². The lowest BCUT2D eigenvalue weighted by Crippen LogP contribution is -2.34. The lowest BCUT2D eigenvalue weighted by atomic mass is 9.85. The van der Waals surface area contributed by atoms with Crippen LogP contribution < -0.4 is 16.2 Å². The lowest BCUT2D eigenvalue weighted by molar-refractivity contribution is -0.125. The Bertz CT molecular complexity index is 827. The summed E-state index contributed by atoms with van der Waals surface area (Å²) in [5.74, 6) is 0.739. The summed E-state index contributed by atoms with van der Waals surface area (Å²) in [4.78, 5) is 32.5. The predicted octanol–water partition coefficient (Wildman–Crippen LogP) is 1.81. The summed E-state index contributed by atoms with van der Waals surface area (Å²) < 4.78 is 2.00. The van der Waals surface area contributed by atoms with E-state index in [0.717, 1.165) is 31.1 Å². The highest BCUT2D eigenvalue weighted by molar-refractivity contribution is 9.10. The Balaban J connectivity index is 1.75. The first-order valence-corrected chi connectivity index (χ1v) is 8.79. The summed E-state index contributed by atoms with van der Waals surface area (Å²) in [7, 11) is 3.37. The van der Waals surface area contributed by atoms with Crippen LogP contribution in [0, 0.1) is 5.92 Å². The minimum atomic E-state index is -0.127. The number of aryl methyl sites for hydroxylation is 1. The summed E-state index contributed by atoms with van der Waals surface area (Å²) in [5, 5.41) is 6.85. The fourth-order valence-corrected chi connectivity index (χ4v) is 3.68. The largest absolute Gasteiger partial charge is 0.359 e. The fourth-order valence-electron chi connectivity index (χ4n) is 3.16. The molecule has 24 heavy (non-hydrogen) atoms. The van der Waals surface area contributed by atoms with Gasteiger partial charge in [-0.3, -0.25) is 14.2 Å². The van der Waals surface area contributed by atoms with E-state index in [4.69, 9.17) is 0 Å². The van der Waals surface area contributed by atoms with Crippen LogP contribution in [0.3, 0.4) is 0 Å². The van der Waals surface area contributed by atoms with Gasteiger partial charge < -0.3 is 10.6 Å². The highest BCUT2D eigenvalue weighted by Gasteiger charge is 2.26. The van der Waals surface area contributed by atoms with Gasteiger partial charge in [-0.25, -0.2) is 4.98 Å². The zero-order chi connectivity index (χ0) is 17.3. The molecule has 1 aliphatic carbocycles. The van der Waals surface area contributed by atoms with E-state index in [0.29, 0.717) is 16.1 Å². The molecule has 1 fully saturated rings.